The van der Waals surface area contributed by atoms with Crippen LogP contribution in [0.15, 0.2) is 30.3 Å². The molecule has 5 heteroatoms. The fourth-order valence-corrected chi connectivity index (χ4v) is 2.31. The molecule has 0 fully saturated rings. The molecule has 0 amide bonds. The topological polar surface area (TPSA) is 46.5 Å². The van der Waals surface area contributed by atoms with Gasteiger partial charge >= 0.3 is 0 Å². The van der Waals surface area contributed by atoms with E-state index in [0.29, 0.717) is 22.3 Å². The molecule has 98 valence electrons. The molecule has 1 unspecified atom stereocenters. The zero-order chi connectivity index (χ0) is 13.4. The number of ether oxygens (including phenoxy) is 1. The molecule has 0 saturated carbocycles. The van der Waals surface area contributed by atoms with E-state index in [1.165, 1.54) is 11.8 Å². The van der Waals surface area contributed by atoms with Gasteiger partial charge in [-0.05, 0) is 19.1 Å². The number of carbonyl (C=O) groups is 1. The van der Waals surface area contributed by atoms with E-state index < -0.39 is 6.10 Å². The molecule has 0 radical (unpaired) electrons. The van der Waals surface area contributed by atoms with Crippen LogP contribution in [-0.2, 0) is 4.74 Å². The lowest BCUT2D eigenvalue weighted by molar-refractivity contribution is 0.0905. The first-order valence-electron chi connectivity index (χ1n) is 5.69. The predicted octanol–water partition coefficient (Wildman–Crippen LogP) is 2.67. The van der Waals surface area contributed by atoms with Crippen LogP contribution in [0.5, 0.6) is 0 Å². The van der Waals surface area contributed by atoms with Crippen molar-refractivity contribution in [3.05, 3.63) is 35.9 Å². The first-order chi connectivity index (χ1) is 8.63. The quantitative estimate of drug-likeness (QED) is 0.643. The highest BCUT2D eigenvalue weighted by atomic mass is 32.2. The number of hydrogen-bond donors (Lipinski definition) is 1. The normalized spacial score (nSPS) is 11.9. The Kier molecular flexibility index (Phi) is 6.93. The van der Waals surface area contributed by atoms with Crippen LogP contribution >= 0.6 is 24.0 Å². The van der Waals surface area contributed by atoms with E-state index in [2.05, 4.69) is 0 Å². The van der Waals surface area contributed by atoms with Gasteiger partial charge in [-0.1, -0.05) is 42.1 Å². The maximum atomic E-state index is 11.8. The highest BCUT2D eigenvalue weighted by Crippen LogP contribution is 2.12. The van der Waals surface area contributed by atoms with Gasteiger partial charge in [-0.15, -0.1) is 0 Å². The van der Waals surface area contributed by atoms with E-state index in [0.717, 1.165) is 0 Å². The van der Waals surface area contributed by atoms with Crippen LogP contribution < -0.4 is 0 Å². The zero-order valence-corrected chi connectivity index (χ0v) is 11.8. The van der Waals surface area contributed by atoms with Crippen LogP contribution in [-0.4, -0.2) is 33.7 Å². The average molecular weight is 284 g/mol. The molecule has 1 rings (SSSR count). The number of ketones is 1. The van der Waals surface area contributed by atoms with Gasteiger partial charge in [0.05, 0.1) is 12.7 Å². The second kappa shape index (κ2) is 8.24. The Bertz CT molecular complexity index is 392. The lowest BCUT2D eigenvalue weighted by atomic mass is 10.1. The maximum absolute atomic E-state index is 11.8. The predicted molar refractivity (Wildman–Crippen MR) is 78.1 cm³/mol. The van der Waals surface area contributed by atoms with E-state index in [4.69, 9.17) is 17.0 Å². The average Bonchev–Trinajstić information content (AvgIpc) is 2.38. The second-order valence-corrected chi connectivity index (χ2v) is 5.26. The van der Waals surface area contributed by atoms with E-state index in [-0.39, 0.29) is 12.2 Å². The number of hydrogen-bond acceptors (Lipinski definition) is 5. The Morgan fingerprint density at radius 3 is 2.72 bits per heavy atom. The molecule has 0 saturated heterocycles. The highest BCUT2D eigenvalue weighted by molar-refractivity contribution is 8.22. The van der Waals surface area contributed by atoms with Crippen LogP contribution in [0.25, 0.3) is 0 Å². The summed E-state index contributed by atoms with van der Waals surface area (Å²) >= 11 is 6.18. The lowest BCUT2D eigenvalue weighted by Crippen LogP contribution is -2.17. The molecule has 0 spiro atoms. The molecule has 1 aromatic carbocycles. The molecule has 1 N–H and O–H groups in total. The Morgan fingerprint density at radius 2 is 2.11 bits per heavy atom. The molecule has 0 aliphatic carbocycles. The summed E-state index contributed by atoms with van der Waals surface area (Å²) in [5.74, 6) is 0.309. The van der Waals surface area contributed by atoms with Gasteiger partial charge in [0.1, 0.15) is 0 Å². The summed E-state index contributed by atoms with van der Waals surface area (Å²) in [4.78, 5) is 11.8. The monoisotopic (exact) mass is 284 g/mol. The van der Waals surface area contributed by atoms with Crippen LogP contribution in [0.4, 0.5) is 0 Å². The molecule has 0 bridgehead atoms. The standard InChI is InChI=1S/C13H16O3S2/c1-2-16-13(17)18-9-11(14)8-12(15)10-6-4-3-5-7-10/h3-7,11,14H,2,8-9H2,1H3. The number of carbonyl (C=O) groups excluding carboxylic acids is 1. The maximum Gasteiger partial charge on any atom is 0.220 e. The summed E-state index contributed by atoms with van der Waals surface area (Å²) in [5, 5.41) is 9.74. The zero-order valence-electron chi connectivity index (χ0n) is 10.2. The number of aliphatic hydroxyl groups is 1. The van der Waals surface area contributed by atoms with E-state index in [1.54, 1.807) is 24.3 Å². The second-order valence-electron chi connectivity index (χ2n) is 3.64. The number of thioether (sulfide) groups is 1. The van der Waals surface area contributed by atoms with Crippen molar-refractivity contribution in [2.24, 2.45) is 0 Å². The lowest BCUT2D eigenvalue weighted by Gasteiger charge is -2.10. The van der Waals surface area contributed by atoms with Crippen molar-refractivity contribution in [2.45, 2.75) is 19.4 Å². The number of Topliss-reactive ketones (excluding diaryl/α,β-unsaturated/α-hetero) is 1. The molecule has 0 aliphatic rings. The summed E-state index contributed by atoms with van der Waals surface area (Å²) in [6.07, 6.45) is -0.604. The largest absolute Gasteiger partial charge is 0.479 e. The van der Waals surface area contributed by atoms with Crippen molar-refractivity contribution < 1.29 is 14.6 Å². The minimum atomic E-state index is -0.707. The summed E-state index contributed by atoms with van der Waals surface area (Å²) in [5.41, 5.74) is 0.619. The Hall–Kier alpha value is -0.910. The molecule has 3 nitrogen and oxygen atoms in total. The third-order valence-corrected chi connectivity index (χ3v) is 3.55. The third kappa shape index (κ3) is 5.62. The van der Waals surface area contributed by atoms with Crippen molar-refractivity contribution in [3.8, 4) is 0 Å². The number of benzene rings is 1. The van der Waals surface area contributed by atoms with Gasteiger partial charge in [0.2, 0.25) is 4.38 Å². The Morgan fingerprint density at radius 1 is 1.44 bits per heavy atom. The van der Waals surface area contributed by atoms with Crippen molar-refractivity contribution in [1.82, 2.24) is 0 Å². The van der Waals surface area contributed by atoms with Gasteiger partial charge in [-0.25, -0.2) is 0 Å². The third-order valence-electron chi connectivity index (χ3n) is 2.17. The van der Waals surface area contributed by atoms with Crippen molar-refractivity contribution in [1.29, 1.82) is 0 Å². The Balaban J connectivity index is 2.34. The van der Waals surface area contributed by atoms with Crippen LogP contribution in [0.2, 0.25) is 0 Å². The number of aliphatic hydroxyl groups excluding tert-OH is 1. The first-order valence-corrected chi connectivity index (χ1v) is 7.08. The Labute approximate surface area is 117 Å². The van der Waals surface area contributed by atoms with Gasteiger partial charge in [0.15, 0.2) is 5.78 Å². The van der Waals surface area contributed by atoms with Gasteiger partial charge in [-0.2, -0.15) is 0 Å². The molecule has 1 atom stereocenters. The van der Waals surface area contributed by atoms with Crippen molar-refractivity contribution in [2.75, 3.05) is 12.4 Å². The SMILES string of the molecule is CCOC(=S)SCC(O)CC(=O)c1ccccc1. The van der Waals surface area contributed by atoms with Crippen LogP contribution in [0.3, 0.4) is 0 Å². The summed E-state index contributed by atoms with van der Waals surface area (Å²) in [7, 11) is 0. The number of thiocarbonyl (C=S) groups is 1. The van der Waals surface area contributed by atoms with E-state index in [1.807, 2.05) is 13.0 Å². The fraction of sp³-hybridized carbons (Fsp3) is 0.385. The van der Waals surface area contributed by atoms with Crippen LogP contribution in [0.1, 0.15) is 23.7 Å². The fourth-order valence-electron chi connectivity index (χ4n) is 1.34. The summed E-state index contributed by atoms with van der Waals surface area (Å²) in [6, 6.07) is 8.95. The van der Waals surface area contributed by atoms with Gasteiger partial charge in [0.25, 0.3) is 0 Å². The summed E-state index contributed by atoms with van der Waals surface area (Å²) < 4.78 is 5.49. The molecular weight excluding hydrogens is 268 g/mol. The van der Waals surface area contributed by atoms with Gasteiger partial charge < -0.3 is 9.84 Å². The minimum Gasteiger partial charge on any atom is -0.479 e. The summed E-state index contributed by atoms with van der Waals surface area (Å²) in [6.45, 7) is 2.37. The van der Waals surface area contributed by atoms with Crippen molar-refractivity contribution >= 4 is 34.1 Å². The molecular formula is C13H16O3S2. The van der Waals surface area contributed by atoms with Gasteiger partial charge in [-0.3, -0.25) is 4.79 Å². The highest BCUT2D eigenvalue weighted by Gasteiger charge is 2.13. The van der Waals surface area contributed by atoms with E-state index in [9.17, 15) is 9.90 Å². The molecule has 1 aromatic rings. The van der Waals surface area contributed by atoms with E-state index >= 15 is 0 Å². The van der Waals surface area contributed by atoms with Crippen molar-refractivity contribution in [3.63, 3.8) is 0 Å². The smallest absolute Gasteiger partial charge is 0.220 e. The molecule has 0 aliphatic heterocycles. The van der Waals surface area contributed by atoms with Gasteiger partial charge in [0, 0.05) is 17.7 Å². The first kappa shape index (κ1) is 15.1. The minimum absolute atomic E-state index is 0.0639. The van der Waals surface area contributed by atoms with Crippen LogP contribution in [0, 0.1) is 0 Å². The molecule has 18 heavy (non-hydrogen) atoms. The molecule has 0 aromatic heterocycles. The number of rotatable bonds is 6. The molecule has 0 heterocycles.